The predicted molar refractivity (Wildman–Crippen MR) is 43.7 cm³/mol. The molecule has 0 radical (unpaired) electrons. The molecule has 0 saturated heterocycles. The number of hydrogen-bond donors (Lipinski definition) is 0. The molecule has 2 rings (SSSR count). The van der Waals surface area contributed by atoms with Gasteiger partial charge in [-0.15, -0.1) is 6.58 Å². The molecule has 2 aliphatic carbocycles. The fraction of sp³-hybridized carbons (Fsp3) is 0.800. The van der Waals surface area contributed by atoms with Crippen LogP contribution in [0.3, 0.4) is 0 Å². The molecule has 0 aromatic carbocycles. The molecule has 0 aliphatic heterocycles. The summed E-state index contributed by atoms with van der Waals surface area (Å²) in [6.07, 6.45) is 5.01. The third-order valence-corrected chi connectivity index (χ3v) is 3.88. The summed E-state index contributed by atoms with van der Waals surface area (Å²) in [7, 11) is 0. The van der Waals surface area contributed by atoms with Gasteiger partial charge in [0, 0.05) is 0 Å². The van der Waals surface area contributed by atoms with Gasteiger partial charge in [0.1, 0.15) is 0 Å². The summed E-state index contributed by atoms with van der Waals surface area (Å²) in [5, 5.41) is 0. The molecule has 0 N–H and O–H groups in total. The summed E-state index contributed by atoms with van der Waals surface area (Å²) < 4.78 is 0. The Morgan fingerprint density at radius 2 is 2.40 bits per heavy atom. The molecule has 0 nitrogen and oxygen atoms in total. The summed E-state index contributed by atoms with van der Waals surface area (Å²) in [6, 6.07) is 0. The molecule has 4 atom stereocenters. The minimum absolute atomic E-state index is 0.633. The van der Waals surface area contributed by atoms with Crippen LogP contribution in [-0.4, -0.2) is 0 Å². The largest absolute Gasteiger partial charge is 0.103 e. The first-order chi connectivity index (χ1) is 4.76. The Morgan fingerprint density at radius 1 is 1.70 bits per heavy atom. The molecule has 0 aromatic heterocycles. The summed E-state index contributed by atoms with van der Waals surface area (Å²) in [5.41, 5.74) is 0.633. The van der Waals surface area contributed by atoms with E-state index in [2.05, 4.69) is 26.5 Å². The zero-order valence-corrected chi connectivity index (χ0v) is 6.93. The van der Waals surface area contributed by atoms with Crippen LogP contribution in [0.15, 0.2) is 12.7 Å². The third kappa shape index (κ3) is 0.457. The molecule has 2 fully saturated rings. The smallest absolute Gasteiger partial charge is 0.00559 e. The maximum Gasteiger partial charge on any atom is -0.00559 e. The van der Waals surface area contributed by atoms with Crippen LogP contribution in [0.1, 0.15) is 26.7 Å². The SMILES string of the molecule is C=CC12CC1C(C)C2CC. The Bertz CT molecular complexity index is 171. The van der Waals surface area contributed by atoms with Crippen LogP contribution >= 0.6 is 0 Å². The fourth-order valence-electron chi connectivity index (χ4n) is 3.21. The molecular weight excluding hydrogens is 120 g/mol. The lowest BCUT2D eigenvalue weighted by Crippen LogP contribution is -2.35. The van der Waals surface area contributed by atoms with Gasteiger partial charge in [0.15, 0.2) is 0 Å². The van der Waals surface area contributed by atoms with Gasteiger partial charge in [0.05, 0.1) is 0 Å². The van der Waals surface area contributed by atoms with E-state index in [0.717, 1.165) is 17.8 Å². The first-order valence-corrected chi connectivity index (χ1v) is 4.40. The first-order valence-electron chi connectivity index (χ1n) is 4.40. The average Bonchev–Trinajstić information content (AvgIpc) is 2.60. The van der Waals surface area contributed by atoms with Crippen molar-refractivity contribution in [1.82, 2.24) is 0 Å². The molecule has 2 aliphatic rings. The van der Waals surface area contributed by atoms with Gasteiger partial charge in [-0.3, -0.25) is 0 Å². The molecule has 56 valence electrons. The van der Waals surface area contributed by atoms with Crippen LogP contribution in [-0.2, 0) is 0 Å². The van der Waals surface area contributed by atoms with Crippen LogP contribution in [0.5, 0.6) is 0 Å². The Kier molecular flexibility index (Phi) is 1.07. The van der Waals surface area contributed by atoms with Crippen molar-refractivity contribution in [2.75, 3.05) is 0 Å². The first kappa shape index (κ1) is 6.45. The van der Waals surface area contributed by atoms with Gasteiger partial charge in [0.2, 0.25) is 0 Å². The highest BCUT2D eigenvalue weighted by Gasteiger charge is 2.69. The van der Waals surface area contributed by atoms with Crippen molar-refractivity contribution in [1.29, 1.82) is 0 Å². The zero-order chi connectivity index (χ0) is 7.35. The highest BCUT2D eigenvalue weighted by Crippen LogP contribution is 2.75. The van der Waals surface area contributed by atoms with Crippen molar-refractivity contribution in [3.05, 3.63) is 12.7 Å². The van der Waals surface area contributed by atoms with Gasteiger partial charge in [-0.25, -0.2) is 0 Å². The number of hydrogen-bond acceptors (Lipinski definition) is 0. The maximum atomic E-state index is 3.93. The Balaban J connectivity index is 2.13. The van der Waals surface area contributed by atoms with E-state index in [4.69, 9.17) is 0 Å². The number of allylic oxidation sites excluding steroid dienone is 1. The average molecular weight is 136 g/mol. The summed E-state index contributed by atoms with van der Waals surface area (Å²) in [5.74, 6) is 2.98. The summed E-state index contributed by atoms with van der Waals surface area (Å²) >= 11 is 0. The van der Waals surface area contributed by atoms with E-state index in [0.29, 0.717) is 5.41 Å². The van der Waals surface area contributed by atoms with Gasteiger partial charge in [0.25, 0.3) is 0 Å². The quantitative estimate of drug-likeness (QED) is 0.512. The number of rotatable bonds is 2. The van der Waals surface area contributed by atoms with E-state index in [1.165, 1.54) is 12.8 Å². The lowest BCUT2D eigenvalue weighted by atomic mass is 9.64. The second-order valence-corrected chi connectivity index (χ2v) is 4.00. The summed E-state index contributed by atoms with van der Waals surface area (Å²) in [4.78, 5) is 0. The third-order valence-electron chi connectivity index (χ3n) is 3.88. The zero-order valence-electron chi connectivity index (χ0n) is 6.93. The fourth-order valence-corrected chi connectivity index (χ4v) is 3.21. The maximum absolute atomic E-state index is 3.93. The number of fused-ring (bicyclic) bond motifs is 1. The molecule has 0 amide bonds. The van der Waals surface area contributed by atoms with Crippen molar-refractivity contribution in [2.24, 2.45) is 23.2 Å². The second-order valence-electron chi connectivity index (χ2n) is 4.00. The highest BCUT2D eigenvalue weighted by molar-refractivity contribution is 5.25. The standard InChI is InChI=1S/C10H16/c1-4-8-7(3)9-6-10(8,9)5-2/h5,7-9H,2,4,6H2,1,3H3. The van der Waals surface area contributed by atoms with E-state index < -0.39 is 0 Å². The highest BCUT2D eigenvalue weighted by atomic mass is 14.7. The molecule has 0 heteroatoms. The minimum Gasteiger partial charge on any atom is -0.103 e. The van der Waals surface area contributed by atoms with Crippen LogP contribution in [0, 0.1) is 23.2 Å². The van der Waals surface area contributed by atoms with Gasteiger partial charge >= 0.3 is 0 Å². The van der Waals surface area contributed by atoms with Gasteiger partial charge in [-0.05, 0) is 29.6 Å². The molecule has 0 heterocycles. The summed E-state index contributed by atoms with van der Waals surface area (Å²) in [6.45, 7) is 8.63. The Labute approximate surface area is 63.3 Å². The van der Waals surface area contributed by atoms with Crippen LogP contribution < -0.4 is 0 Å². The molecular formula is C10H16. The lowest BCUT2D eigenvalue weighted by Gasteiger charge is -2.40. The normalized spacial score (nSPS) is 56.8. The van der Waals surface area contributed by atoms with E-state index in [1.807, 2.05) is 0 Å². The van der Waals surface area contributed by atoms with Crippen molar-refractivity contribution < 1.29 is 0 Å². The predicted octanol–water partition coefficient (Wildman–Crippen LogP) is 2.85. The van der Waals surface area contributed by atoms with Gasteiger partial charge < -0.3 is 0 Å². The van der Waals surface area contributed by atoms with Crippen molar-refractivity contribution >= 4 is 0 Å². The molecule has 0 spiro atoms. The van der Waals surface area contributed by atoms with Crippen LogP contribution in [0.4, 0.5) is 0 Å². The Morgan fingerprint density at radius 3 is 2.70 bits per heavy atom. The lowest BCUT2D eigenvalue weighted by molar-refractivity contribution is 0.109. The minimum atomic E-state index is 0.633. The molecule has 0 aromatic rings. The molecule has 10 heavy (non-hydrogen) atoms. The monoisotopic (exact) mass is 136 g/mol. The van der Waals surface area contributed by atoms with E-state index in [-0.39, 0.29) is 0 Å². The van der Waals surface area contributed by atoms with E-state index in [1.54, 1.807) is 0 Å². The van der Waals surface area contributed by atoms with Crippen LogP contribution in [0.2, 0.25) is 0 Å². The molecule has 4 unspecified atom stereocenters. The topological polar surface area (TPSA) is 0 Å². The molecule has 2 saturated carbocycles. The van der Waals surface area contributed by atoms with Gasteiger partial charge in [-0.2, -0.15) is 0 Å². The van der Waals surface area contributed by atoms with E-state index >= 15 is 0 Å². The van der Waals surface area contributed by atoms with Crippen molar-refractivity contribution in [3.63, 3.8) is 0 Å². The van der Waals surface area contributed by atoms with Crippen LogP contribution in [0.25, 0.3) is 0 Å². The van der Waals surface area contributed by atoms with Crippen molar-refractivity contribution in [3.8, 4) is 0 Å². The van der Waals surface area contributed by atoms with E-state index in [9.17, 15) is 0 Å². The molecule has 0 bridgehead atoms. The van der Waals surface area contributed by atoms with Crippen molar-refractivity contribution in [2.45, 2.75) is 26.7 Å². The Hall–Kier alpha value is -0.260. The second kappa shape index (κ2) is 1.66. The van der Waals surface area contributed by atoms with Gasteiger partial charge in [-0.1, -0.05) is 26.3 Å².